The molecule has 162 valence electrons. The van der Waals surface area contributed by atoms with Gasteiger partial charge in [-0.15, -0.1) is 0 Å². The van der Waals surface area contributed by atoms with Crippen LogP contribution in [0.2, 0.25) is 0 Å². The van der Waals surface area contributed by atoms with E-state index in [1.54, 1.807) is 0 Å². The predicted octanol–water partition coefficient (Wildman–Crippen LogP) is 6.68. The standard InChI is InChI=1S/2C6H11O.2C6H5.2Cu/c2*7-6-4-2-1-3-5-6;2*1-2-4-6-5-3-1;;/h2*7H,1-5H2;2*1-5H;;/q4*-1;2*+2. The Morgan fingerprint density at radius 2 is 0.750 bits per heavy atom. The zero-order chi connectivity index (χ0) is 18.7. The fourth-order valence-electron chi connectivity index (χ4n) is 2.60. The number of benzene rings is 2. The maximum atomic E-state index is 8.83. The third kappa shape index (κ3) is 20.1. The van der Waals surface area contributed by atoms with E-state index in [4.69, 9.17) is 10.2 Å². The first-order valence-electron chi connectivity index (χ1n) is 9.68. The maximum absolute atomic E-state index is 8.83. The van der Waals surface area contributed by atoms with Crippen molar-refractivity contribution < 1.29 is 44.4 Å². The molecule has 2 N–H and O–H groups in total. The molecule has 4 heteroatoms. The second kappa shape index (κ2) is 22.7. The largest absolute Gasteiger partial charge is 2.00 e. The van der Waals surface area contributed by atoms with Crippen LogP contribution in [0.5, 0.6) is 0 Å². The van der Waals surface area contributed by atoms with E-state index >= 15 is 0 Å². The van der Waals surface area contributed by atoms with Gasteiger partial charge in [0.05, 0.1) is 0 Å². The normalized spacial score (nSPS) is 16.1. The monoisotopic (exact) mass is 478 g/mol. The van der Waals surface area contributed by atoms with Gasteiger partial charge in [0.1, 0.15) is 0 Å². The molecule has 0 aliphatic heterocycles. The summed E-state index contributed by atoms with van der Waals surface area (Å²) < 4.78 is 0. The second-order valence-corrected chi connectivity index (χ2v) is 6.41. The van der Waals surface area contributed by atoms with Gasteiger partial charge in [-0.3, -0.25) is 0 Å². The molecule has 2 nitrogen and oxygen atoms in total. The van der Waals surface area contributed by atoms with Crippen molar-refractivity contribution in [3.63, 3.8) is 0 Å². The second-order valence-electron chi connectivity index (χ2n) is 6.41. The summed E-state index contributed by atoms with van der Waals surface area (Å²) in [6.07, 6.45) is 12.7. The molecule has 2 aliphatic carbocycles. The van der Waals surface area contributed by atoms with Crippen molar-refractivity contribution in [2.75, 3.05) is 0 Å². The number of rotatable bonds is 0. The number of hydrogen-bond donors (Lipinski definition) is 2. The van der Waals surface area contributed by atoms with Crippen molar-refractivity contribution >= 4 is 0 Å². The van der Waals surface area contributed by atoms with Gasteiger partial charge in [-0.2, -0.15) is 98.5 Å². The van der Waals surface area contributed by atoms with E-state index in [9.17, 15) is 0 Å². The van der Waals surface area contributed by atoms with Crippen molar-refractivity contribution in [3.8, 4) is 0 Å². The Labute approximate surface area is 193 Å². The minimum Gasteiger partial charge on any atom is -0.563 e. The first kappa shape index (κ1) is 29.6. The maximum Gasteiger partial charge on any atom is 2.00 e. The van der Waals surface area contributed by atoms with Gasteiger partial charge in [0.2, 0.25) is 0 Å². The molecule has 0 aromatic heterocycles. The van der Waals surface area contributed by atoms with Gasteiger partial charge >= 0.3 is 34.1 Å². The first-order valence-corrected chi connectivity index (χ1v) is 9.68. The van der Waals surface area contributed by atoms with Crippen LogP contribution >= 0.6 is 0 Å². The van der Waals surface area contributed by atoms with Crippen LogP contribution in [0.15, 0.2) is 60.7 Å². The van der Waals surface area contributed by atoms with E-state index < -0.39 is 0 Å². The summed E-state index contributed by atoms with van der Waals surface area (Å²) in [6.45, 7) is 0. The van der Waals surface area contributed by atoms with Crippen LogP contribution in [0.25, 0.3) is 0 Å². The zero-order valence-electron chi connectivity index (χ0n) is 16.3. The van der Waals surface area contributed by atoms with E-state index in [0.717, 1.165) is 25.7 Å². The molecular formula is C24H32Cu2O2. The molecule has 0 atom stereocenters. The number of hydrogen-bond acceptors (Lipinski definition) is 2. The topological polar surface area (TPSA) is 40.5 Å². The van der Waals surface area contributed by atoms with Crippen LogP contribution in [0, 0.1) is 24.3 Å². The average Bonchev–Trinajstić information content (AvgIpc) is 2.73. The molecule has 2 radical (unpaired) electrons. The summed E-state index contributed by atoms with van der Waals surface area (Å²) in [7, 11) is 0. The summed E-state index contributed by atoms with van der Waals surface area (Å²) in [4.78, 5) is 0. The predicted molar refractivity (Wildman–Crippen MR) is 107 cm³/mol. The smallest absolute Gasteiger partial charge is 0.563 e. The molecule has 0 amide bonds. The van der Waals surface area contributed by atoms with Crippen molar-refractivity contribution in [1.29, 1.82) is 0 Å². The Kier molecular flexibility index (Phi) is 24.0. The van der Waals surface area contributed by atoms with E-state index in [2.05, 4.69) is 12.1 Å². The molecule has 4 rings (SSSR count). The van der Waals surface area contributed by atoms with Crippen LogP contribution in [-0.4, -0.2) is 10.2 Å². The molecule has 0 spiro atoms. The Balaban J connectivity index is 0. The fourth-order valence-corrected chi connectivity index (χ4v) is 2.60. The van der Waals surface area contributed by atoms with Crippen LogP contribution < -0.4 is 0 Å². The fraction of sp³-hybridized carbons (Fsp3) is 0.417. The van der Waals surface area contributed by atoms with Crippen LogP contribution in [0.3, 0.4) is 0 Å². The van der Waals surface area contributed by atoms with Crippen LogP contribution in [0.4, 0.5) is 0 Å². The Morgan fingerprint density at radius 1 is 0.464 bits per heavy atom. The van der Waals surface area contributed by atoms with Gasteiger partial charge in [0.15, 0.2) is 0 Å². The van der Waals surface area contributed by atoms with E-state index in [-0.39, 0.29) is 34.1 Å². The Morgan fingerprint density at radius 3 is 0.857 bits per heavy atom. The summed E-state index contributed by atoms with van der Waals surface area (Å²) >= 11 is 0. The summed E-state index contributed by atoms with van der Waals surface area (Å²) in [6, 6.07) is 25.0. The minimum atomic E-state index is 0. The van der Waals surface area contributed by atoms with Crippen LogP contribution in [0.1, 0.15) is 64.2 Å². The summed E-state index contributed by atoms with van der Waals surface area (Å²) in [5, 5.41) is 17.7. The van der Waals surface area contributed by atoms with Gasteiger partial charge in [-0.25, -0.2) is 12.2 Å². The zero-order valence-corrected chi connectivity index (χ0v) is 18.2. The molecule has 2 saturated carbocycles. The summed E-state index contributed by atoms with van der Waals surface area (Å²) in [5.74, 6) is 0. The number of aliphatic hydroxyl groups excluding tert-OH is 2. The minimum absolute atomic E-state index is 0. The Hall–Kier alpha value is -0.601. The van der Waals surface area contributed by atoms with Crippen molar-refractivity contribution in [2.24, 2.45) is 0 Å². The molecule has 0 saturated heterocycles. The van der Waals surface area contributed by atoms with E-state index in [1.807, 2.05) is 60.7 Å². The molecule has 2 aromatic rings. The molecular weight excluding hydrogens is 447 g/mol. The molecule has 0 bridgehead atoms. The van der Waals surface area contributed by atoms with E-state index in [1.165, 1.54) is 38.5 Å². The van der Waals surface area contributed by atoms with E-state index in [0.29, 0.717) is 12.2 Å². The third-order valence-electron chi connectivity index (χ3n) is 4.08. The molecule has 2 aliphatic rings. The average molecular weight is 480 g/mol. The number of aliphatic hydroxyl groups is 2. The van der Waals surface area contributed by atoms with Crippen molar-refractivity contribution in [1.82, 2.24) is 0 Å². The van der Waals surface area contributed by atoms with Crippen LogP contribution in [-0.2, 0) is 34.1 Å². The van der Waals surface area contributed by atoms with Gasteiger partial charge in [-0.05, 0) is 0 Å². The van der Waals surface area contributed by atoms with Gasteiger partial charge in [-0.1, -0.05) is 38.5 Å². The van der Waals surface area contributed by atoms with Crippen molar-refractivity contribution in [2.45, 2.75) is 64.2 Å². The third-order valence-corrected chi connectivity index (χ3v) is 4.08. The quantitative estimate of drug-likeness (QED) is 0.327. The summed E-state index contributed by atoms with van der Waals surface area (Å²) in [5.41, 5.74) is 0. The van der Waals surface area contributed by atoms with Gasteiger partial charge < -0.3 is 10.2 Å². The molecule has 2 aromatic carbocycles. The SMILES string of the molecule is O[C-]1CCCCC1.O[C-]1CCCCC1.[Cu+2].[Cu+2].[c-]1ccccc1.[c-]1ccccc1. The van der Waals surface area contributed by atoms with Gasteiger partial charge in [0.25, 0.3) is 0 Å². The molecule has 0 unspecified atom stereocenters. The molecule has 0 heterocycles. The molecule has 2 fully saturated rings. The van der Waals surface area contributed by atoms with Crippen molar-refractivity contribution in [3.05, 3.63) is 85.0 Å². The van der Waals surface area contributed by atoms with Gasteiger partial charge in [0, 0.05) is 0 Å². The Bertz CT molecular complexity index is 384. The molecule has 28 heavy (non-hydrogen) atoms. The first-order chi connectivity index (χ1) is 12.8.